The molecule has 21 heavy (non-hydrogen) atoms. The lowest BCUT2D eigenvalue weighted by molar-refractivity contribution is 0.266. The number of aryl methyl sites for hydroxylation is 1. The summed E-state index contributed by atoms with van der Waals surface area (Å²) in [5.74, 6) is 0.648. The van der Waals surface area contributed by atoms with E-state index < -0.39 is 0 Å². The first kappa shape index (κ1) is 15.5. The Morgan fingerprint density at radius 2 is 1.90 bits per heavy atom. The van der Waals surface area contributed by atoms with Crippen molar-refractivity contribution < 1.29 is 9.13 Å². The van der Waals surface area contributed by atoms with Crippen LogP contribution in [0.5, 0.6) is 5.75 Å². The van der Waals surface area contributed by atoms with Gasteiger partial charge in [0.2, 0.25) is 0 Å². The fraction of sp³-hybridized carbons (Fsp3) is 0.333. The zero-order valence-corrected chi connectivity index (χ0v) is 12.6. The van der Waals surface area contributed by atoms with Gasteiger partial charge in [-0.15, -0.1) is 0 Å². The van der Waals surface area contributed by atoms with Gasteiger partial charge in [0.15, 0.2) is 0 Å². The number of para-hydroxylation sites is 1. The van der Waals surface area contributed by atoms with E-state index in [1.807, 2.05) is 43.3 Å². The molecule has 0 spiro atoms. The minimum absolute atomic E-state index is 0.0609. The van der Waals surface area contributed by atoms with Gasteiger partial charge in [-0.1, -0.05) is 31.2 Å². The summed E-state index contributed by atoms with van der Waals surface area (Å²) in [5, 5.41) is 3.47. The Balaban J connectivity index is 2.10. The summed E-state index contributed by atoms with van der Waals surface area (Å²) in [6.07, 6.45) is 1.04. The van der Waals surface area contributed by atoms with Crippen molar-refractivity contribution >= 4 is 0 Å². The van der Waals surface area contributed by atoms with Crippen LogP contribution in [0.25, 0.3) is 0 Å². The molecule has 3 heteroatoms. The lowest BCUT2D eigenvalue weighted by Gasteiger charge is -2.21. The van der Waals surface area contributed by atoms with Gasteiger partial charge in [-0.2, -0.15) is 0 Å². The number of halogens is 1. The highest BCUT2D eigenvalue weighted by molar-refractivity contribution is 5.30. The molecule has 0 aliphatic heterocycles. The van der Waals surface area contributed by atoms with Crippen LogP contribution in [0.15, 0.2) is 48.5 Å². The average Bonchev–Trinajstić information content (AvgIpc) is 2.49. The van der Waals surface area contributed by atoms with E-state index in [9.17, 15) is 4.39 Å². The molecule has 2 aromatic carbocycles. The number of ether oxygens (including phenoxy) is 1. The van der Waals surface area contributed by atoms with Crippen molar-refractivity contribution in [3.05, 3.63) is 65.5 Å². The Morgan fingerprint density at radius 1 is 1.14 bits per heavy atom. The van der Waals surface area contributed by atoms with E-state index in [1.54, 1.807) is 6.07 Å². The van der Waals surface area contributed by atoms with Crippen LogP contribution in [0.4, 0.5) is 4.39 Å². The van der Waals surface area contributed by atoms with Crippen LogP contribution < -0.4 is 10.1 Å². The third-order valence-corrected chi connectivity index (χ3v) is 3.41. The van der Waals surface area contributed by atoms with Gasteiger partial charge in [0.05, 0.1) is 6.04 Å². The highest BCUT2D eigenvalue weighted by Crippen LogP contribution is 2.20. The summed E-state index contributed by atoms with van der Waals surface area (Å²) in [6.45, 7) is 5.48. The highest BCUT2D eigenvalue weighted by atomic mass is 19.1. The van der Waals surface area contributed by atoms with Crippen molar-refractivity contribution in [2.24, 2.45) is 0 Å². The number of benzene rings is 2. The molecule has 0 radical (unpaired) electrons. The molecule has 0 aromatic heterocycles. The molecule has 1 unspecified atom stereocenters. The second-order valence-electron chi connectivity index (χ2n) is 5.13. The first-order valence-electron chi connectivity index (χ1n) is 7.38. The van der Waals surface area contributed by atoms with E-state index >= 15 is 0 Å². The molecule has 0 amide bonds. The maximum atomic E-state index is 13.3. The number of nitrogens with one attached hydrogen (secondary N) is 1. The maximum absolute atomic E-state index is 13.3. The van der Waals surface area contributed by atoms with Gasteiger partial charge in [-0.3, -0.25) is 0 Å². The molecule has 0 aliphatic rings. The van der Waals surface area contributed by atoms with Crippen LogP contribution in [0.1, 0.15) is 30.5 Å². The van der Waals surface area contributed by atoms with Crippen LogP contribution in [-0.2, 0) is 0 Å². The Kier molecular flexibility index (Phi) is 5.76. The molecule has 2 aromatic rings. The smallest absolute Gasteiger partial charge is 0.123 e. The normalized spacial score (nSPS) is 12.1. The number of hydrogen-bond donors (Lipinski definition) is 1. The summed E-state index contributed by atoms with van der Waals surface area (Å²) in [5.41, 5.74) is 2.03. The Hall–Kier alpha value is -1.87. The Labute approximate surface area is 126 Å². The Morgan fingerprint density at radius 3 is 2.57 bits per heavy atom. The van der Waals surface area contributed by atoms with Crippen LogP contribution >= 0.6 is 0 Å². The van der Waals surface area contributed by atoms with Crippen molar-refractivity contribution in [1.29, 1.82) is 0 Å². The van der Waals surface area contributed by atoms with Gasteiger partial charge in [0.1, 0.15) is 18.2 Å². The standard InChI is InChI=1S/C18H22FNO/c1-3-11-20-18(13-21-16-7-5-4-6-8-16)17-10-9-15(19)12-14(17)2/h4-10,12,18,20H,3,11,13H2,1-2H3. The van der Waals surface area contributed by atoms with Crippen molar-refractivity contribution in [3.8, 4) is 5.75 Å². The van der Waals surface area contributed by atoms with Crippen LogP contribution in [0.3, 0.4) is 0 Å². The summed E-state index contributed by atoms with van der Waals surface area (Å²) >= 11 is 0. The summed E-state index contributed by atoms with van der Waals surface area (Å²) in [7, 11) is 0. The maximum Gasteiger partial charge on any atom is 0.123 e. The van der Waals surface area contributed by atoms with Crippen LogP contribution in [0.2, 0.25) is 0 Å². The van der Waals surface area contributed by atoms with Gasteiger partial charge in [-0.05, 0) is 55.3 Å². The van der Waals surface area contributed by atoms with E-state index in [-0.39, 0.29) is 11.9 Å². The zero-order chi connectivity index (χ0) is 15.1. The summed E-state index contributed by atoms with van der Waals surface area (Å²) in [6, 6.07) is 14.7. The Bertz CT molecular complexity index is 556. The van der Waals surface area contributed by atoms with Gasteiger partial charge < -0.3 is 10.1 Å². The lowest BCUT2D eigenvalue weighted by Crippen LogP contribution is -2.28. The van der Waals surface area contributed by atoms with Gasteiger partial charge >= 0.3 is 0 Å². The first-order valence-corrected chi connectivity index (χ1v) is 7.38. The third-order valence-electron chi connectivity index (χ3n) is 3.41. The molecule has 0 heterocycles. The van der Waals surface area contributed by atoms with Gasteiger partial charge in [0.25, 0.3) is 0 Å². The second kappa shape index (κ2) is 7.79. The van der Waals surface area contributed by atoms with Crippen molar-refractivity contribution in [3.63, 3.8) is 0 Å². The van der Waals surface area contributed by atoms with E-state index in [0.29, 0.717) is 6.61 Å². The van der Waals surface area contributed by atoms with E-state index in [0.717, 1.165) is 29.8 Å². The fourth-order valence-corrected chi connectivity index (χ4v) is 2.30. The van der Waals surface area contributed by atoms with E-state index in [2.05, 4.69) is 12.2 Å². The third kappa shape index (κ3) is 4.57. The predicted octanol–water partition coefficient (Wildman–Crippen LogP) is 4.25. The molecular formula is C18H22FNO. The highest BCUT2D eigenvalue weighted by Gasteiger charge is 2.14. The topological polar surface area (TPSA) is 21.3 Å². The van der Waals surface area contributed by atoms with Gasteiger partial charge in [0, 0.05) is 0 Å². The minimum Gasteiger partial charge on any atom is -0.492 e. The predicted molar refractivity (Wildman–Crippen MR) is 84.1 cm³/mol. The molecule has 2 rings (SSSR count). The van der Waals surface area contributed by atoms with Crippen molar-refractivity contribution in [2.45, 2.75) is 26.3 Å². The monoisotopic (exact) mass is 287 g/mol. The molecule has 1 atom stereocenters. The molecule has 0 aliphatic carbocycles. The molecule has 112 valence electrons. The lowest BCUT2D eigenvalue weighted by atomic mass is 10.0. The molecule has 1 N–H and O–H groups in total. The van der Waals surface area contributed by atoms with Gasteiger partial charge in [-0.25, -0.2) is 4.39 Å². The minimum atomic E-state index is -0.200. The van der Waals surface area contributed by atoms with E-state index in [1.165, 1.54) is 6.07 Å². The zero-order valence-electron chi connectivity index (χ0n) is 12.6. The SMILES string of the molecule is CCCNC(COc1ccccc1)c1ccc(F)cc1C. The molecule has 0 fully saturated rings. The number of hydrogen-bond acceptors (Lipinski definition) is 2. The molecular weight excluding hydrogens is 265 g/mol. The number of rotatable bonds is 7. The van der Waals surface area contributed by atoms with Crippen molar-refractivity contribution in [1.82, 2.24) is 5.32 Å². The second-order valence-corrected chi connectivity index (χ2v) is 5.13. The van der Waals surface area contributed by atoms with Crippen molar-refractivity contribution in [2.75, 3.05) is 13.2 Å². The fourth-order valence-electron chi connectivity index (χ4n) is 2.30. The summed E-state index contributed by atoms with van der Waals surface area (Å²) < 4.78 is 19.1. The summed E-state index contributed by atoms with van der Waals surface area (Å²) in [4.78, 5) is 0. The quantitative estimate of drug-likeness (QED) is 0.822. The van der Waals surface area contributed by atoms with Crippen LogP contribution in [0, 0.1) is 12.7 Å². The van der Waals surface area contributed by atoms with Crippen LogP contribution in [-0.4, -0.2) is 13.2 Å². The largest absolute Gasteiger partial charge is 0.492 e. The first-order chi connectivity index (χ1) is 10.2. The molecule has 0 bridgehead atoms. The molecule has 0 saturated carbocycles. The van der Waals surface area contributed by atoms with E-state index in [4.69, 9.17) is 4.74 Å². The molecule has 2 nitrogen and oxygen atoms in total. The molecule has 0 saturated heterocycles. The average molecular weight is 287 g/mol.